The van der Waals surface area contributed by atoms with Crippen molar-refractivity contribution < 1.29 is 14.6 Å². The summed E-state index contributed by atoms with van der Waals surface area (Å²) >= 11 is 0. The van der Waals surface area contributed by atoms with E-state index in [-0.39, 0.29) is 17.0 Å². The predicted molar refractivity (Wildman–Crippen MR) is 59.9 cm³/mol. The number of aromatic nitrogens is 4. The molecule has 0 radical (unpaired) electrons. The van der Waals surface area contributed by atoms with Crippen LogP contribution in [0.1, 0.15) is 6.04 Å². The maximum atomic E-state index is 13.1. The fraction of sp³-hybridized carbons (Fsp3) is 0.300. The number of hydrogen-bond donors (Lipinski definition) is 3. The monoisotopic (exact) mass is 251 g/mol. The van der Waals surface area contributed by atoms with Crippen LogP contribution < -0.4 is 5.73 Å². The first-order chi connectivity index (χ1) is 8.58. The van der Waals surface area contributed by atoms with Gasteiger partial charge < -0.3 is 20.5 Å². The molecule has 2 heterocycles. The van der Waals surface area contributed by atoms with E-state index in [1.165, 1.54) is 17.0 Å². The van der Waals surface area contributed by atoms with Crippen LogP contribution in [0.2, 0.25) is 0 Å². The minimum Gasteiger partial charge on any atom is -0.388 e. The number of imidazole rings is 1. The predicted octanol–water partition coefficient (Wildman–Crippen LogP) is -0.620. The van der Waals surface area contributed by atoms with Crippen LogP contribution in [0.4, 0.5) is 10.2 Å². The molecule has 94 valence electrons. The van der Waals surface area contributed by atoms with Gasteiger partial charge in [-0.3, -0.25) is 0 Å². The molecule has 3 rings (SSSR count). The number of anilines is 1. The Hall–Kier alpha value is -2.06. The lowest BCUT2D eigenvalue weighted by Gasteiger charge is -2.18. The number of aliphatic hydroxyl groups is 2. The van der Waals surface area contributed by atoms with Gasteiger partial charge >= 0.3 is 6.08 Å². The molecule has 2 aromatic heterocycles. The van der Waals surface area contributed by atoms with Crippen LogP contribution in [0.5, 0.6) is 0 Å². The van der Waals surface area contributed by atoms with Crippen molar-refractivity contribution in [1.29, 1.82) is 0 Å². The fourth-order valence-corrected chi connectivity index (χ4v) is 2.04. The van der Waals surface area contributed by atoms with Crippen molar-refractivity contribution in [2.75, 3.05) is 5.73 Å². The number of aliphatic hydroxyl groups excluding tert-OH is 2. The quantitative estimate of drug-likeness (QED) is 0.460. The summed E-state index contributed by atoms with van der Waals surface area (Å²) in [5, 5.41) is 19.2. The summed E-state index contributed by atoms with van der Waals surface area (Å²) in [5.74, 6) is -0.0618. The SMILES string of the molecule is Nc1nc(F)nc2c1ncn2[C@@H]1C=C[C@@H](O)[C@H]1O. The molecule has 8 heteroatoms. The highest BCUT2D eigenvalue weighted by Gasteiger charge is 2.31. The van der Waals surface area contributed by atoms with Gasteiger partial charge in [-0.2, -0.15) is 14.4 Å². The van der Waals surface area contributed by atoms with E-state index in [1.54, 1.807) is 6.08 Å². The number of hydrogen-bond acceptors (Lipinski definition) is 6. The van der Waals surface area contributed by atoms with E-state index in [9.17, 15) is 14.6 Å². The van der Waals surface area contributed by atoms with Crippen LogP contribution in [0.15, 0.2) is 18.5 Å². The molecule has 18 heavy (non-hydrogen) atoms. The van der Waals surface area contributed by atoms with Gasteiger partial charge in [0.1, 0.15) is 17.7 Å². The zero-order valence-corrected chi connectivity index (χ0v) is 9.10. The first-order valence-corrected chi connectivity index (χ1v) is 5.28. The Labute approximate surface area is 100 Å². The minimum absolute atomic E-state index is 0.0618. The molecule has 1 aliphatic carbocycles. The Morgan fingerprint density at radius 2 is 2.06 bits per heavy atom. The first kappa shape index (κ1) is 11.1. The van der Waals surface area contributed by atoms with Gasteiger partial charge in [-0.1, -0.05) is 12.2 Å². The molecule has 0 spiro atoms. The van der Waals surface area contributed by atoms with Crippen LogP contribution in [0.3, 0.4) is 0 Å². The van der Waals surface area contributed by atoms with Crippen LogP contribution in [-0.4, -0.2) is 41.9 Å². The third-order valence-corrected chi connectivity index (χ3v) is 2.95. The van der Waals surface area contributed by atoms with E-state index in [4.69, 9.17) is 5.73 Å². The number of halogens is 1. The highest BCUT2D eigenvalue weighted by molar-refractivity contribution is 5.81. The Balaban J connectivity index is 2.16. The van der Waals surface area contributed by atoms with Crippen molar-refractivity contribution >= 4 is 17.0 Å². The van der Waals surface area contributed by atoms with Crippen molar-refractivity contribution in [3.63, 3.8) is 0 Å². The topological polar surface area (TPSA) is 110 Å². The average molecular weight is 251 g/mol. The molecule has 1 aliphatic rings. The van der Waals surface area contributed by atoms with Crippen LogP contribution >= 0.6 is 0 Å². The van der Waals surface area contributed by atoms with Gasteiger partial charge in [-0.25, -0.2) is 4.98 Å². The lowest BCUT2D eigenvalue weighted by molar-refractivity contribution is 0.0375. The maximum Gasteiger partial charge on any atom is 0.312 e. The maximum absolute atomic E-state index is 13.1. The highest BCUT2D eigenvalue weighted by Crippen LogP contribution is 2.27. The molecule has 2 aromatic rings. The molecule has 0 fully saturated rings. The summed E-state index contributed by atoms with van der Waals surface area (Å²) in [6.07, 6.45) is 1.50. The van der Waals surface area contributed by atoms with E-state index in [1.807, 2.05) is 0 Å². The Morgan fingerprint density at radius 3 is 2.72 bits per heavy atom. The zero-order valence-electron chi connectivity index (χ0n) is 9.10. The summed E-state index contributed by atoms with van der Waals surface area (Å²) in [7, 11) is 0. The minimum atomic E-state index is -1.03. The third-order valence-electron chi connectivity index (χ3n) is 2.95. The lowest BCUT2D eigenvalue weighted by Crippen LogP contribution is -2.28. The molecule has 7 nitrogen and oxygen atoms in total. The second kappa shape index (κ2) is 3.72. The highest BCUT2D eigenvalue weighted by atomic mass is 19.1. The summed E-state index contributed by atoms with van der Waals surface area (Å²) in [6, 6.07) is -0.557. The second-order valence-electron chi connectivity index (χ2n) is 4.06. The van der Waals surface area contributed by atoms with Gasteiger partial charge in [0, 0.05) is 0 Å². The van der Waals surface area contributed by atoms with Crippen molar-refractivity contribution in [2.24, 2.45) is 0 Å². The molecule has 3 atom stereocenters. The summed E-state index contributed by atoms with van der Waals surface area (Å²) in [5.41, 5.74) is 5.98. The van der Waals surface area contributed by atoms with Crippen LogP contribution in [-0.2, 0) is 0 Å². The summed E-state index contributed by atoms with van der Waals surface area (Å²) < 4.78 is 14.6. The van der Waals surface area contributed by atoms with Crippen molar-refractivity contribution in [3.05, 3.63) is 24.6 Å². The van der Waals surface area contributed by atoms with Gasteiger partial charge in [0.25, 0.3) is 0 Å². The number of nitrogen functional groups attached to an aromatic ring is 1. The van der Waals surface area contributed by atoms with E-state index in [0.717, 1.165) is 0 Å². The van der Waals surface area contributed by atoms with Gasteiger partial charge in [-0.15, -0.1) is 0 Å². The molecular weight excluding hydrogens is 241 g/mol. The Bertz CT molecular complexity index is 640. The van der Waals surface area contributed by atoms with Gasteiger partial charge in [0.2, 0.25) is 0 Å². The van der Waals surface area contributed by atoms with E-state index in [0.29, 0.717) is 0 Å². The fourth-order valence-electron chi connectivity index (χ4n) is 2.04. The van der Waals surface area contributed by atoms with E-state index in [2.05, 4.69) is 15.0 Å². The molecule has 4 N–H and O–H groups in total. The summed E-state index contributed by atoms with van der Waals surface area (Å²) in [6.45, 7) is 0. The largest absolute Gasteiger partial charge is 0.388 e. The van der Waals surface area contributed by atoms with Crippen molar-refractivity contribution in [1.82, 2.24) is 19.5 Å². The van der Waals surface area contributed by atoms with E-state index < -0.39 is 24.3 Å². The van der Waals surface area contributed by atoms with Gasteiger partial charge in [0.15, 0.2) is 11.5 Å². The number of nitrogens with zero attached hydrogens (tertiary/aromatic N) is 4. The Morgan fingerprint density at radius 1 is 1.28 bits per heavy atom. The average Bonchev–Trinajstić information content (AvgIpc) is 2.85. The smallest absolute Gasteiger partial charge is 0.312 e. The van der Waals surface area contributed by atoms with Crippen LogP contribution in [0, 0.1) is 6.08 Å². The second-order valence-corrected chi connectivity index (χ2v) is 4.06. The molecule has 0 saturated carbocycles. The van der Waals surface area contributed by atoms with Gasteiger partial charge in [-0.05, 0) is 0 Å². The molecule has 0 saturated heterocycles. The van der Waals surface area contributed by atoms with Gasteiger partial charge in [0.05, 0.1) is 12.4 Å². The number of fused-ring (bicyclic) bond motifs is 1. The van der Waals surface area contributed by atoms with Crippen LogP contribution in [0.25, 0.3) is 11.2 Å². The van der Waals surface area contributed by atoms with Crippen molar-refractivity contribution in [2.45, 2.75) is 18.2 Å². The normalized spacial score (nSPS) is 27.2. The lowest BCUT2D eigenvalue weighted by atomic mass is 10.2. The third kappa shape index (κ3) is 1.46. The number of nitrogens with two attached hydrogens (primary N) is 1. The first-order valence-electron chi connectivity index (χ1n) is 5.28. The molecule has 0 bridgehead atoms. The molecule has 0 aromatic carbocycles. The molecule has 0 unspecified atom stereocenters. The van der Waals surface area contributed by atoms with Crippen molar-refractivity contribution in [3.8, 4) is 0 Å². The Kier molecular flexibility index (Phi) is 2.28. The summed E-state index contributed by atoms with van der Waals surface area (Å²) in [4.78, 5) is 11.0. The molecule has 0 aliphatic heterocycles. The molecular formula is C10H10FN5O2. The molecule has 0 amide bonds. The van der Waals surface area contributed by atoms with E-state index >= 15 is 0 Å². The number of rotatable bonds is 1. The standard InChI is InChI=1S/C10H10FN5O2/c11-10-14-8(12)6-9(15-10)16(3-13-6)4-1-2-5(17)7(4)18/h1-5,7,17-18H,(H2,12,14,15)/t4-,5-,7+/m1/s1. The zero-order chi connectivity index (χ0) is 12.9.